The highest BCUT2D eigenvalue weighted by molar-refractivity contribution is 7.99. The van der Waals surface area contributed by atoms with E-state index in [1.165, 1.54) is 37.1 Å². The van der Waals surface area contributed by atoms with E-state index in [0.717, 1.165) is 12.8 Å². The number of fused-ring (bicyclic) bond motifs is 1. The minimum absolute atomic E-state index is 0.332. The zero-order valence-corrected chi connectivity index (χ0v) is 15.8. The van der Waals surface area contributed by atoms with E-state index in [9.17, 15) is 4.39 Å². The Kier molecular flexibility index (Phi) is 4.47. The number of hydrogen-bond donors (Lipinski definition) is 0. The molecule has 0 unspecified atom stereocenters. The molecule has 3 heterocycles. The normalized spacial score (nSPS) is 15.3. The van der Waals surface area contributed by atoms with Gasteiger partial charge in [-0.1, -0.05) is 31.4 Å². The molecule has 0 saturated heterocycles. The Labute approximate surface area is 164 Å². The van der Waals surface area contributed by atoms with Gasteiger partial charge in [0.15, 0.2) is 11.5 Å². The van der Waals surface area contributed by atoms with Crippen LogP contribution in [0.1, 0.15) is 38.1 Å². The maximum absolute atomic E-state index is 14.2. The molecule has 1 fully saturated rings. The molecular weight excluding hydrogens is 379 g/mol. The predicted molar refractivity (Wildman–Crippen MR) is 100 cm³/mol. The molecule has 1 aliphatic carbocycles. The Morgan fingerprint density at radius 1 is 0.964 bits per heavy atom. The van der Waals surface area contributed by atoms with Crippen molar-refractivity contribution in [2.75, 3.05) is 0 Å². The average Bonchev–Trinajstić information content (AvgIpc) is 3.36. The molecule has 0 aliphatic heterocycles. The highest BCUT2D eigenvalue weighted by Gasteiger charge is 2.21. The van der Waals surface area contributed by atoms with Crippen molar-refractivity contribution < 1.29 is 4.39 Å². The zero-order valence-electron chi connectivity index (χ0n) is 14.9. The van der Waals surface area contributed by atoms with Crippen molar-refractivity contribution >= 4 is 17.4 Å². The van der Waals surface area contributed by atoms with Crippen LogP contribution in [0.3, 0.4) is 0 Å². The summed E-state index contributed by atoms with van der Waals surface area (Å²) < 4.78 is 17.7. The Morgan fingerprint density at radius 3 is 2.68 bits per heavy atom. The van der Waals surface area contributed by atoms with Gasteiger partial charge in [0.05, 0.1) is 11.6 Å². The van der Waals surface area contributed by atoms with E-state index in [2.05, 4.69) is 30.8 Å². The SMILES string of the molecule is Fc1ccccc1-c1nnc2ccc(Sc3nnnn3C3CCCCC3)nn12. The Bertz CT molecular complexity index is 1120. The third kappa shape index (κ3) is 3.13. The molecule has 3 aromatic heterocycles. The van der Waals surface area contributed by atoms with Gasteiger partial charge < -0.3 is 0 Å². The van der Waals surface area contributed by atoms with E-state index < -0.39 is 0 Å². The van der Waals surface area contributed by atoms with Crippen LogP contribution < -0.4 is 0 Å². The van der Waals surface area contributed by atoms with Crippen LogP contribution in [0.5, 0.6) is 0 Å². The van der Waals surface area contributed by atoms with Gasteiger partial charge in [-0.05, 0) is 59.3 Å². The van der Waals surface area contributed by atoms with E-state index in [1.807, 2.05) is 10.7 Å². The average molecular weight is 396 g/mol. The van der Waals surface area contributed by atoms with Crippen LogP contribution in [0.2, 0.25) is 0 Å². The van der Waals surface area contributed by atoms with E-state index in [4.69, 9.17) is 0 Å². The van der Waals surface area contributed by atoms with Crippen molar-refractivity contribution in [2.24, 2.45) is 0 Å². The first-order valence-corrected chi connectivity index (χ1v) is 10.0. The summed E-state index contributed by atoms with van der Waals surface area (Å²) >= 11 is 1.39. The molecule has 0 atom stereocenters. The first kappa shape index (κ1) is 17.2. The summed E-state index contributed by atoms with van der Waals surface area (Å²) in [7, 11) is 0. The predicted octanol–water partition coefficient (Wildman–Crippen LogP) is 3.57. The van der Waals surface area contributed by atoms with Crippen molar-refractivity contribution in [3.63, 3.8) is 0 Å². The van der Waals surface area contributed by atoms with Crippen LogP contribution in [0.4, 0.5) is 4.39 Å². The summed E-state index contributed by atoms with van der Waals surface area (Å²) in [6, 6.07) is 10.4. The lowest BCUT2D eigenvalue weighted by Gasteiger charge is -2.21. The molecule has 28 heavy (non-hydrogen) atoms. The fourth-order valence-electron chi connectivity index (χ4n) is 3.54. The van der Waals surface area contributed by atoms with Gasteiger partial charge in [0, 0.05) is 0 Å². The molecule has 10 heteroatoms. The second-order valence-corrected chi connectivity index (χ2v) is 7.73. The molecule has 1 aliphatic rings. The summed E-state index contributed by atoms with van der Waals surface area (Å²) in [6.45, 7) is 0. The Hall–Kier alpha value is -2.88. The van der Waals surface area contributed by atoms with E-state index in [-0.39, 0.29) is 5.82 Å². The highest BCUT2D eigenvalue weighted by atomic mass is 32.2. The Morgan fingerprint density at radius 2 is 1.82 bits per heavy atom. The molecule has 1 saturated carbocycles. The third-order valence-electron chi connectivity index (χ3n) is 4.93. The summed E-state index contributed by atoms with van der Waals surface area (Å²) in [4.78, 5) is 0. The minimum Gasteiger partial charge on any atom is -0.217 e. The van der Waals surface area contributed by atoms with Crippen molar-refractivity contribution in [3.05, 3.63) is 42.2 Å². The molecule has 8 nitrogen and oxygen atoms in total. The minimum atomic E-state index is -0.363. The van der Waals surface area contributed by atoms with E-state index in [1.54, 1.807) is 28.8 Å². The third-order valence-corrected chi connectivity index (χ3v) is 5.81. The molecule has 0 bridgehead atoms. The molecule has 142 valence electrons. The number of nitrogens with zero attached hydrogens (tertiary/aromatic N) is 8. The van der Waals surface area contributed by atoms with Crippen molar-refractivity contribution in [1.82, 2.24) is 40.0 Å². The molecule has 0 N–H and O–H groups in total. The van der Waals surface area contributed by atoms with Crippen LogP contribution in [-0.2, 0) is 0 Å². The zero-order chi connectivity index (χ0) is 18.9. The Balaban J connectivity index is 1.49. The first-order chi connectivity index (χ1) is 13.8. The lowest BCUT2D eigenvalue weighted by atomic mass is 9.96. The van der Waals surface area contributed by atoms with Gasteiger partial charge in [-0.25, -0.2) is 9.07 Å². The van der Waals surface area contributed by atoms with E-state index in [0.29, 0.717) is 33.3 Å². The maximum Gasteiger partial charge on any atom is 0.215 e. The summed E-state index contributed by atoms with van der Waals surface area (Å²) in [6.07, 6.45) is 5.85. The molecule has 4 aromatic rings. The maximum atomic E-state index is 14.2. The summed E-state index contributed by atoms with van der Waals surface area (Å²) in [5.74, 6) is 0.000296. The van der Waals surface area contributed by atoms with Crippen LogP contribution in [0.15, 0.2) is 46.6 Å². The molecule has 0 spiro atoms. The lowest BCUT2D eigenvalue weighted by molar-refractivity contribution is 0.307. The van der Waals surface area contributed by atoms with Gasteiger partial charge >= 0.3 is 0 Å². The smallest absolute Gasteiger partial charge is 0.215 e. The van der Waals surface area contributed by atoms with E-state index >= 15 is 0 Å². The van der Waals surface area contributed by atoms with Gasteiger partial charge in [0.2, 0.25) is 5.16 Å². The van der Waals surface area contributed by atoms with Gasteiger partial charge in [-0.15, -0.1) is 15.3 Å². The number of halogens is 1. The summed E-state index contributed by atoms with van der Waals surface area (Å²) in [5, 5.41) is 26.4. The molecule has 0 radical (unpaired) electrons. The largest absolute Gasteiger partial charge is 0.217 e. The van der Waals surface area contributed by atoms with Crippen LogP contribution >= 0.6 is 11.8 Å². The molecule has 0 amide bonds. The van der Waals surface area contributed by atoms with Crippen LogP contribution in [0, 0.1) is 5.82 Å². The van der Waals surface area contributed by atoms with Gasteiger partial charge in [0.1, 0.15) is 10.8 Å². The van der Waals surface area contributed by atoms with Gasteiger partial charge in [0.25, 0.3) is 0 Å². The fourth-order valence-corrected chi connectivity index (χ4v) is 4.34. The van der Waals surface area contributed by atoms with Crippen molar-refractivity contribution in [1.29, 1.82) is 0 Å². The molecular formula is C18H17FN8S. The summed E-state index contributed by atoms with van der Waals surface area (Å²) in [5.41, 5.74) is 0.908. The second-order valence-electron chi connectivity index (χ2n) is 6.74. The molecule has 5 rings (SSSR count). The second kappa shape index (κ2) is 7.27. The standard InChI is InChI=1S/C18H17FN8S/c19-14-9-5-4-8-13(14)17-21-20-15-10-11-16(23-27(15)17)28-18-22-24-25-26(18)12-6-2-1-3-7-12/h4-5,8-12H,1-3,6-7H2. The van der Waals surface area contributed by atoms with Crippen molar-refractivity contribution in [2.45, 2.75) is 48.3 Å². The van der Waals surface area contributed by atoms with Crippen molar-refractivity contribution in [3.8, 4) is 11.4 Å². The monoisotopic (exact) mass is 396 g/mol. The number of aromatic nitrogens is 8. The molecule has 1 aromatic carbocycles. The van der Waals surface area contributed by atoms with Gasteiger partial charge in [-0.3, -0.25) is 0 Å². The quantitative estimate of drug-likeness (QED) is 0.521. The lowest BCUT2D eigenvalue weighted by Crippen LogP contribution is -2.15. The first-order valence-electron chi connectivity index (χ1n) is 9.23. The van der Waals surface area contributed by atoms with Crippen LogP contribution in [0.25, 0.3) is 17.0 Å². The van der Waals surface area contributed by atoms with Gasteiger partial charge in [-0.2, -0.15) is 9.61 Å². The highest BCUT2D eigenvalue weighted by Crippen LogP contribution is 2.32. The number of benzene rings is 1. The number of rotatable bonds is 4. The topological polar surface area (TPSA) is 86.7 Å². The number of tetrazole rings is 1. The fraction of sp³-hybridized carbons (Fsp3) is 0.333. The number of hydrogen-bond acceptors (Lipinski definition) is 7. The van der Waals surface area contributed by atoms with Crippen LogP contribution in [-0.4, -0.2) is 40.0 Å².